The van der Waals surface area contributed by atoms with Crippen LogP contribution in [0, 0.1) is 6.92 Å². The maximum atomic E-state index is 13.6. The van der Waals surface area contributed by atoms with Gasteiger partial charge in [0.1, 0.15) is 5.58 Å². The third-order valence-electron chi connectivity index (χ3n) is 6.64. The number of hydrogen-bond donors (Lipinski definition) is 0. The maximum absolute atomic E-state index is 13.6. The summed E-state index contributed by atoms with van der Waals surface area (Å²) in [4.78, 5) is 28.9. The summed E-state index contributed by atoms with van der Waals surface area (Å²) in [7, 11) is 0. The normalized spacial score (nSPS) is 20.9. The number of nitrogens with zero attached hydrogens (tertiary/aromatic N) is 1. The molecule has 1 amide bonds. The number of rotatable bonds is 3. The van der Waals surface area contributed by atoms with E-state index in [2.05, 4.69) is 32.9 Å². The first-order valence-corrected chi connectivity index (χ1v) is 11.3. The zero-order valence-electron chi connectivity index (χ0n) is 19.1. The van der Waals surface area contributed by atoms with Crippen LogP contribution in [0.15, 0.2) is 51.7 Å². The van der Waals surface area contributed by atoms with Crippen LogP contribution in [0.2, 0.25) is 0 Å². The van der Waals surface area contributed by atoms with Gasteiger partial charge in [0.05, 0.1) is 23.1 Å². The van der Waals surface area contributed by atoms with E-state index >= 15 is 0 Å². The predicted molar refractivity (Wildman–Crippen MR) is 124 cm³/mol. The molecule has 5 rings (SSSR count). The second-order valence-corrected chi connectivity index (χ2v) is 10.0. The Morgan fingerprint density at radius 3 is 2.47 bits per heavy atom. The molecule has 1 aromatic heterocycles. The van der Waals surface area contributed by atoms with Gasteiger partial charge in [-0.05, 0) is 48.4 Å². The molecule has 2 aliphatic rings. The molecule has 32 heavy (non-hydrogen) atoms. The Balaban J connectivity index is 1.67. The van der Waals surface area contributed by atoms with Crippen molar-refractivity contribution >= 4 is 16.9 Å². The Hall–Kier alpha value is -2.92. The van der Waals surface area contributed by atoms with Crippen LogP contribution in [-0.4, -0.2) is 30.1 Å². The number of benzene rings is 2. The maximum Gasteiger partial charge on any atom is 0.291 e. The summed E-state index contributed by atoms with van der Waals surface area (Å²) < 4.78 is 11.9. The van der Waals surface area contributed by atoms with Crippen molar-refractivity contribution in [1.82, 2.24) is 4.90 Å². The molecule has 1 saturated heterocycles. The molecule has 2 aromatic carbocycles. The van der Waals surface area contributed by atoms with Gasteiger partial charge < -0.3 is 14.1 Å². The summed E-state index contributed by atoms with van der Waals surface area (Å²) in [5, 5.41) is 0.520. The quantitative estimate of drug-likeness (QED) is 0.577. The second kappa shape index (κ2) is 7.59. The van der Waals surface area contributed by atoms with Crippen molar-refractivity contribution in [3.05, 3.63) is 80.7 Å². The molecule has 3 aromatic rings. The van der Waals surface area contributed by atoms with Crippen molar-refractivity contribution in [3.8, 4) is 0 Å². The lowest BCUT2D eigenvalue weighted by Gasteiger charge is -2.28. The molecular formula is C27H29NO4. The molecule has 1 fully saturated rings. The third-order valence-corrected chi connectivity index (χ3v) is 6.64. The van der Waals surface area contributed by atoms with Crippen molar-refractivity contribution < 1.29 is 13.9 Å². The highest BCUT2D eigenvalue weighted by Gasteiger charge is 2.44. The first-order chi connectivity index (χ1) is 15.2. The molecule has 0 N–H and O–H groups in total. The minimum atomic E-state index is -0.475. The molecule has 0 unspecified atom stereocenters. The summed E-state index contributed by atoms with van der Waals surface area (Å²) >= 11 is 0. The van der Waals surface area contributed by atoms with Gasteiger partial charge in [-0.1, -0.05) is 56.7 Å². The average molecular weight is 432 g/mol. The van der Waals surface area contributed by atoms with Gasteiger partial charge in [-0.3, -0.25) is 9.59 Å². The van der Waals surface area contributed by atoms with Gasteiger partial charge in [-0.15, -0.1) is 0 Å². The van der Waals surface area contributed by atoms with Crippen LogP contribution in [-0.2, 0) is 10.2 Å². The Morgan fingerprint density at radius 1 is 1.06 bits per heavy atom. The molecule has 0 saturated carbocycles. The average Bonchev–Trinajstić information content (AvgIpc) is 3.36. The minimum absolute atomic E-state index is 0.0172. The van der Waals surface area contributed by atoms with E-state index in [1.165, 1.54) is 5.56 Å². The monoisotopic (exact) mass is 431 g/mol. The van der Waals surface area contributed by atoms with Crippen LogP contribution in [0.1, 0.15) is 72.5 Å². The molecule has 3 heterocycles. The molecule has 0 bridgehead atoms. The number of ether oxygens (including phenoxy) is 1. The van der Waals surface area contributed by atoms with E-state index in [1.54, 1.807) is 11.0 Å². The topological polar surface area (TPSA) is 59.8 Å². The van der Waals surface area contributed by atoms with Gasteiger partial charge in [-0.2, -0.15) is 0 Å². The highest BCUT2D eigenvalue weighted by Crippen LogP contribution is 2.39. The van der Waals surface area contributed by atoms with Gasteiger partial charge >= 0.3 is 0 Å². The summed E-state index contributed by atoms with van der Waals surface area (Å²) in [6.07, 6.45) is 1.89. The van der Waals surface area contributed by atoms with E-state index < -0.39 is 6.04 Å². The zero-order valence-corrected chi connectivity index (χ0v) is 19.1. The zero-order chi connectivity index (χ0) is 22.6. The predicted octanol–water partition coefficient (Wildman–Crippen LogP) is 5.12. The van der Waals surface area contributed by atoms with Gasteiger partial charge in [0, 0.05) is 13.2 Å². The lowest BCUT2D eigenvalue weighted by Crippen LogP contribution is -2.36. The lowest BCUT2D eigenvalue weighted by molar-refractivity contribution is 0.0486. The first-order valence-electron chi connectivity index (χ1n) is 11.3. The van der Waals surface area contributed by atoms with Crippen LogP contribution in [0.25, 0.3) is 11.0 Å². The van der Waals surface area contributed by atoms with E-state index in [0.29, 0.717) is 29.7 Å². The molecule has 2 aliphatic heterocycles. The molecular weight excluding hydrogens is 402 g/mol. The number of amides is 1. The lowest BCUT2D eigenvalue weighted by atomic mass is 9.86. The van der Waals surface area contributed by atoms with Gasteiger partial charge in [0.2, 0.25) is 5.76 Å². The van der Waals surface area contributed by atoms with Crippen molar-refractivity contribution in [2.45, 2.75) is 58.1 Å². The Kier molecular flexibility index (Phi) is 4.97. The minimum Gasteiger partial charge on any atom is -0.450 e. The number of carbonyl (C=O) groups excluding carboxylic acids is 1. The van der Waals surface area contributed by atoms with Gasteiger partial charge in [0.15, 0.2) is 5.43 Å². The molecule has 0 spiro atoms. The van der Waals surface area contributed by atoms with Crippen molar-refractivity contribution in [2.24, 2.45) is 0 Å². The van der Waals surface area contributed by atoms with Crippen molar-refractivity contribution in [1.29, 1.82) is 0 Å². The fourth-order valence-corrected chi connectivity index (χ4v) is 4.84. The van der Waals surface area contributed by atoms with Crippen molar-refractivity contribution in [2.75, 3.05) is 13.2 Å². The van der Waals surface area contributed by atoms with E-state index in [9.17, 15) is 9.59 Å². The number of aryl methyl sites for hydroxylation is 1. The largest absolute Gasteiger partial charge is 0.450 e. The highest BCUT2D eigenvalue weighted by molar-refractivity contribution is 5.99. The fraction of sp³-hybridized carbons (Fsp3) is 0.407. The summed E-state index contributed by atoms with van der Waals surface area (Å²) in [6.45, 7) is 9.62. The van der Waals surface area contributed by atoms with E-state index in [-0.39, 0.29) is 28.6 Å². The second-order valence-electron chi connectivity index (χ2n) is 10.0. The van der Waals surface area contributed by atoms with E-state index in [1.807, 2.05) is 31.2 Å². The molecule has 166 valence electrons. The van der Waals surface area contributed by atoms with Crippen molar-refractivity contribution in [3.63, 3.8) is 0 Å². The molecule has 0 aliphatic carbocycles. The van der Waals surface area contributed by atoms with Gasteiger partial charge in [-0.25, -0.2) is 0 Å². The van der Waals surface area contributed by atoms with Gasteiger partial charge in [0.25, 0.3) is 5.91 Å². The molecule has 5 heteroatoms. The summed E-state index contributed by atoms with van der Waals surface area (Å²) in [6, 6.07) is 13.3. The number of fused-ring (bicyclic) bond motifs is 2. The van der Waals surface area contributed by atoms with Crippen LogP contribution >= 0.6 is 0 Å². The van der Waals surface area contributed by atoms with Crippen LogP contribution < -0.4 is 5.43 Å². The van der Waals surface area contributed by atoms with Crippen LogP contribution in [0.4, 0.5) is 0 Å². The SMILES string of the molecule is Cc1ccc2oc3c(c(=O)c2c1)[C@@H](c1ccc(C(C)(C)C)cc1)N(C[C@H]1CCCO1)C3=O. The molecule has 0 radical (unpaired) electrons. The Bertz CT molecular complexity index is 1240. The first kappa shape index (κ1) is 21.0. The summed E-state index contributed by atoms with van der Waals surface area (Å²) in [5.41, 5.74) is 3.89. The summed E-state index contributed by atoms with van der Waals surface area (Å²) in [5.74, 6) is -0.0748. The molecule has 2 atom stereocenters. The fourth-order valence-electron chi connectivity index (χ4n) is 4.84. The smallest absolute Gasteiger partial charge is 0.291 e. The molecule has 5 nitrogen and oxygen atoms in total. The third kappa shape index (κ3) is 3.45. The Morgan fingerprint density at radius 2 is 1.81 bits per heavy atom. The number of carbonyl (C=O) groups is 1. The van der Waals surface area contributed by atoms with Crippen LogP contribution in [0.3, 0.4) is 0 Å². The standard InChI is InChI=1S/C27H29NO4/c1-16-7-12-21-20(14-16)24(29)22-23(17-8-10-18(11-9-17)27(2,3)4)28(26(30)25(22)32-21)15-19-6-5-13-31-19/h7-12,14,19,23H,5-6,13,15H2,1-4H3/t19-,23-/m1/s1. The van der Waals surface area contributed by atoms with E-state index in [4.69, 9.17) is 9.15 Å². The van der Waals surface area contributed by atoms with E-state index in [0.717, 1.165) is 24.0 Å². The van der Waals surface area contributed by atoms with Crippen LogP contribution in [0.5, 0.6) is 0 Å². The number of hydrogen-bond acceptors (Lipinski definition) is 4. The Labute approximate surface area is 188 Å². The highest BCUT2D eigenvalue weighted by atomic mass is 16.5.